The first-order valence-electron chi connectivity index (χ1n) is 13.2. The summed E-state index contributed by atoms with van der Waals surface area (Å²) in [4.78, 5) is 42.7. The molecular formula is C27H37N7O3S. The number of nitrogens with zero attached hydrogens (tertiary/aromatic N) is 5. The monoisotopic (exact) mass is 539 g/mol. The molecular weight excluding hydrogens is 502 g/mol. The molecule has 2 fully saturated rings. The first-order chi connectivity index (χ1) is 18.4. The Bertz CT molecular complexity index is 1060. The van der Waals surface area contributed by atoms with Crippen molar-refractivity contribution in [2.45, 2.75) is 43.7 Å². The summed E-state index contributed by atoms with van der Waals surface area (Å²) in [5.74, 6) is -1.19. The van der Waals surface area contributed by atoms with E-state index in [2.05, 4.69) is 27.7 Å². The van der Waals surface area contributed by atoms with Crippen LogP contribution in [-0.4, -0.2) is 95.4 Å². The maximum Gasteiger partial charge on any atom is 0.238 e. The molecule has 3 amide bonds. The van der Waals surface area contributed by atoms with E-state index in [-0.39, 0.29) is 35.4 Å². The van der Waals surface area contributed by atoms with Crippen LogP contribution in [0.4, 0.5) is 5.69 Å². The van der Waals surface area contributed by atoms with Gasteiger partial charge in [-0.05, 0) is 37.5 Å². The molecule has 38 heavy (non-hydrogen) atoms. The first kappa shape index (κ1) is 29.3. The minimum Gasteiger partial charge on any atom is -0.385 e. The minimum atomic E-state index is -0.902. The molecule has 1 aromatic carbocycles. The molecule has 2 aliphatic heterocycles. The molecule has 0 aromatic heterocycles. The second kappa shape index (κ2) is 14.6. The van der Waals surface area contributed by atoms with Crippen LogP contribution in [0.3, 0.4) is 0 Å². The molecule has 1 aromatic rings. The highest BCUT2D eigenvalue weighted by Gasteiger charge is 2.40. The highest BCUT2D eigenvalue weighted by Crippen LogP contribution is 2.37. The number of benzene rings is 1. The quantitative estimate of drug-likeness (QED) is 0.383. The predicted octanol–water partition coefficient (Wildman–Crippen LogP) is 1.65. The van der Waals surface area contributed by atoms with Crippen LogP contribution in [0.25, 0.3) is 0 Å². The third-order valence-electron chi connectivity index (χ3n) is 7.02. The molecule has 3 atom stereocenters. The Morgan fingerprint density at radius 3 is 2.63 bits per heavy atom. The van der Waals surface area contributed by atoms with Crippen LogP contribution in [0.15, 0.2) is 24.3 Å². The number of rotatable bonds is 12. The summed E-state index contributed by atoms with van der Waals surface area (Å²) < 4.78 is 0. The second-order valence-corrected chi connectivity index (χ2v) is 10.9. The van der Waals surface area contributed by atoms with E-state index in [9.17, 15) is 19.6 Å². The number of nitriles is 2. The van der Waals surface area contributed by atoms with Crippen molar-refractivity contribution in [3.8, 4) is 12.1 Å². The summed E-state index contributed by atoms with van der Waals surface area (Å²) in [6.45, 7) is 8.87. The summed E-state index contributed by atoms with van der Waals surface area (Å²) in [7, 11) is 0. The van der Waals surface area contributed by atoms with E-state index in [1.807, 2.05) is 36.1 Å². The Kier molecular flexibility index (Phi) is 11.3. The van der Waals surface area contributed by atoms with Crippen LogP contribution >= 0.6 is 11.8 Å². The molecule has 204 valence electrons. The molecule has 2 saturated heterocycles. The van der Waals surface area contributed by atoms with Gasteiger partial charge in [0.25, 0.3) is 0 Å². The number of carbonyl (C=O) groups is 3. The lowest BCUT2D eigenvalue weighted by Crippen LogP contribution is -2.48. The Labute approximate surface area is 229 Å². The number of hydrogen-bond donors (Lipinski definition) is 2. The molecule has 2 heterocycles. The lowest BCUT2D eigenvalue weighted by Gasteiger charge is -2.34. The van der Waals surface area contributed by atoms with E-state index in [1.54, 1.807) is 11.8 Å². The molecule has 10 nitrogen and oxygen atoms in total. The van der Waals surface area contributed by atoms with E-state index >= 15 is 0 Å². The average molecular weight is 540 g/mol. The third kappa shape index (κ3) is 8.11. The molecule has 0 saturated carbocycles. The number of carbonyl (C=O) groups excluding carboxylic acids is 3. The van der Waals surface area contributed by atoms with E-state index in [0.29, 0.717) is 19.5 Å². The molecule has 0 aliphatic carbocycles. The van der Waals surface area contributed by atoms with E-state index in [0.717, 1.165) is 44.8 Å². The average Bonchev–Trinajstić information content (AvgIpc) is 3.23. The Morgan fingerprint density at radius 1 is 1.21 bits per heavy atom. The Balaban J connectivity index is 1.46. The van der Waals surface area contributed by atoms with E-state index in [4.69, 9.17) is 5.26 Å². The van der Waals surface area contributed by atoms with Crippen LogP contribution in [0.5, 0.6) is 0 Å². The van der Waals surface area contributed by atoms with Gasteiger partial charge in [0.1, 0.15) is 12.5 Å². The van der Waals surface area contributed by atoms with E-state index in [1.165, 1.54) is 17.3 Å². The van der Waals surface area contributed by atoms with Gasteiger partial charge in [-0.3, -0.25) is 19.3 Å². The van der Waals surface area contributed by atoms with Crippen LogP contribution in [0, 0.1) is 28.6 Å². The zero-order valence-corrected chi connectivity index (χ0v) is 23.0. The fourth-order valence-electron chi connectivity index (χ4n) is 4.81. The van der Waals surface area contributed by atoms with Gasteiger partial charge >= 0.3 is 0 Å². The first-order valence-corrected chi connectivity index (χ1v) is 14.1. The van der Waals surface area contributed by atoms with Gasteiger partial charge in [-0.2, -0.15) is 10.5 Å². The molecule has 2 N–H and O–H groups in total. The highest BCUT2D eigenvalue weighted by atomic mass is 32.2. The predicted molar refractivity (Wildman–Crippen MR) is 147 cm³/mol. The standard InChI is InChI=1S/C27H37N7O3S/c1-3-34-25(18-22(19-29)26(36)31-11-9-28)38-24(27(34)37)7-10-30-23-6-4-5-21(17-23)8-12-32-13-15-33(16-14-32)20(2)35/h4-6,17,22,24-25,30H,3,7-8,10-16,18H2,1-2H3,(H,31,36). The van der Waals surface area contributed by atoms with Gasteiger partial charge in [-0.25, -0.2) is 0 Å². The normalized spacial score (nSPS) is 20.5. The Morgan fingerprint density at radius 2 is 1.97 bits per heavy atom. The van der Waals surface area contributed by atoms with Gasteiger partial charge < -0.3 is 20.4 Å². The number of anilines is 1. The molecule has 0 spiro atoms. The van der Waals surface area contributed by atoms with Gasteiger partial charge in [-0.15, -0.1) is 11.8 Å². The summed E-state index contributed by atoms with van der Waals surface area (Å²) in [6.07, 6.45) is 1.81. The largest absolute Gasteiger partial charge is 0.385 e. The number of piperazine rings is 1. The number of nitrogens with one attached hydrogen (secondary N) is 2. The van der Waals surface area contributed by atoms with Crippen molar-refractivity contribution in [2.75, 3.05) is 57.7 Å². The molecule has 3 unspecified atom stereocenters. The van der Waals surface area contributed by atoms with Crippen molar-refractivity contribution >= 4 is 35.2 Å². The molecule has 0 bridgehead atoms. The fourth-order valence-corrected chi connectivity index (χ4v) is 6.40. The highest BCUT2D eigenvalue weighted by molar-refractivity contribution is 8.01. The number of thioether (sulfide) groups is 1. The van der Waals surface area contributed by atoms with Crippen LogP contribution in [0.2, 0.25) is 0 Å². The maximum atomic E-state index is 13.0. The van der Waals surface area contributed by atoms with Crippen molar-refractivity contribution in [1.82, 2.24) is 20.0 Å². The maximum absolute atomic E-state index is 13.0. The zero-order chi connectivity index (χ0) is 27.5. The van der Waals surface area contributed by atoms with Gasteiger partial charge in [0.2, 0.25) is 17.7 Å². The smallest absolute Gasteiger partial charge is 0.238 e. The van der Waals surface area contributed by atoms with Crippen LogP contribution in [0.1, 0.15) is 32.3 Å². The summed E-state index contributed by atoms with van der Waals surface area (Å²) in [6, 6.07) is 12.2. The molecule has 2 aliphatic rings. The SMILES string of the molecule is CCN1C(=O)C(CCNc2cccc(CCN3CCN(C(C)=O)CC3)c2)SC1CC(C#N)C(=O)NCC#N. The van der Waals surface area contributed by atoms with Crippen LogP contribution < -0.4 is 10.6 Å². The lowest BCUT2D eigenvalue weighted by molar-refractivity contribution is -0.131. The second-order valence-electron chi connectivity index (χ2n) is 9.51. The molecule has 0 radical (unpaired) electrons. The molecule has 3 rings (SSSR count). The summed E-state index contributed by atoms with van der Waals surface area (Å²) in [5, 5.41) is 23.5. The number of hydrogen-bond acceptors (Lipinski definition) is 8. The van der Waals surface area contributed by atoms with Crippen molar-refractivity contribution < 1.29 is 14.4 Å². The van der Waals surface area contributed by atoms with Crippen molar-refractivity contribution in [3.05, 3.63) is 29.8 Å². The van der Waals surface area contributed by atoms with Gasteiger partial charge in [0.05, 0.1) is 22.8 Å². The topological polar surface area (TPSA) is 133 Å². The third-order valence-corrected chi connectivity index (χ3v) is 8.54. The zero-order valence-electron chi connectivity index (χ0n) is 22.2. The van der Waals surface area contributed by atoms with Crippen LogP contribution in [-0.2, 0) is 20.8 Å². The summed E-state index contributed by atoms with van der Waals surface area (Å²) in [5.41, 5.74) is 2.26. The summed E-state index contributed by atoms with van der Waals surface area (Å²) >= 11 is 1.51. The Hall–Kier alpha value is -3.28. The fraction of sp³-hybridized carbons (Fsp3) is 0.593. The van der Waals surface area contributed by atoms with Crippen molar-refractivity contribution in [1.29, 1.82) is 10.5 Å². The van der Waals surface area contributed by atoms with Gasteiger partial charge in [0, 0.05) is 64.8 Å². The minimum absolute atomic E-state index is 0.0389. The van der Waals surface area contributed by atoms with Crippen molar-refractivity contribution in [2.24, 2.45) is 5.92 Å². The van der Waals surface area contributed by atoms with Gasteiger partial charge in [-0.1, -0.05) is 12.1 Å². The number of amides is 3. The van der Waals surface area contributed by atoms with E-state index < -0.39 is 11.8 Å². The van der Waals surface area contributed by atoms with Gasteiger partial charge in [0.15, 0.2) is 0 Å². The lowest BCUT2D eigenvalue weighted by atomic mass is 10.1. The van der Waals surface area contributed by atoms with Crippen molar-refractivity contribution in [3.63, 3.8) is 0 Å². The molecule has 11 heteroatoms.